The number of benzene rings is 2. The van der Waals surface area contributed by atoms with E-state index in [4.69, 9.17) is 16.6 Å². The molecule has 2 amide bonds. The van der Waals surface area contributed by atoms with E-state index in [-0.39, 0.29) is 16.9 Å². The van der Waals surface area contributed by atoms with Crippen molar-refractivity contribution in [1.82, 2.24) is 14.9 Å². The molecule has 0 unspecified atom stereocenters. The van der Waals surface area contributed by atoms with Crippen molar-refractivity contribution in [2.45, 2.75) is 26.7 Å². The van der Waals surface area contributed by atoms with Gasteiger partial charge in [0.2, 0.25) is 0 Å². The summed E-state index contributed by atoms with van der Waals surface area (Å²) in [6, 6.07) is 10.4. The van der Waals surface area contributed by atoms with Crippen LogP contribution in [0.25, 0.3) is 0 Å². The Balaban J connectivity index is 1.49. The summed E-state index contributed by atoms with van der Waals surface area (Å²) < 4.78 is 27.2. The Morgan fingerprint density at radius 2 is 1.85 bits per heavy atom. The van der Waals surface area contributed by atoms with Gasteiger partial charge in [0, 0.05) is 49.5 Å². The largest absolute Gasteiger partial charge is 0.353 e. The van der Waals surface area contributed by atoms with Gasteiger partial charge in [0.25, 0.3) is 0 Å². The van der Waals surface area contributed by atoms with Crippen LogP contribution in [-0.4, -0.2) is 47.1 Å². The molecule has 0 bridgehead atoms. The lowest BCUT2D eigenvalue weighted by Crippen LogP contribution is -2.50. The third-order valence-corrected chi connectivity index (χ3v) is 6.11. The first-order chi connectivity index (χ1) is 16.3. The molecule has 4 rings (SSSR count). The number of nitrogens with zero attached hydrogens (tertiary/aromatic N) is 4. The number of rotatable bonds is 5. The van der Waals surface area contributed by atoms with Gasteiger partial charge in [-0.3, -0.25) is 0 Å². The molecule has 6 nitrogen and oxygen atoms in total. The van der Waals surface area contributed by atoms with Crippen molar-refractivity contribution >= 4 is 29.1 Å². The molecule has 2 heterocycles. The van der Waals surface area contributed by atoms with E-state index in [1.165, 1.54) is 30.3 Å². The highest BCUT2D eigenvalue weighted by atomic mass is 35.5. The van der Waals surface area contributed by atoms with E-state index in [1.807, 2.05) is 19.9 Å². The van der Waals surface area contributed by atoms with Crippen molar-refractivity contribution in [3.63, 3.8) is 0 Å². The number of hydrogen-bond donors (Lipinski definition) is 1. The Morgan fingerprint density at radius 3 is 2.53 bits per heavy atom. The highest BCUT2D eigenvalue weighted by Crippen LogP contribution is 2.26. The van der Waals surface area contributed by atoms with Gasteiger partial charge in [0.05, 0.1) is 5.02 Å². The van der Waals surface area contributed by atoms with Gasteiger partial charge in [-0.15, -0.1) is 0 Å². The molecular weight excluding hydrogens is 460 g/mol. The molecule has 9 heteroatoms. The maximum Gasteiger partial charge on any atom is 0.321 e. The molecule has 1 aliphatic rings. The van der Waals surface area contributed by atoms with Crippen molar-refractivity contribution in [2.75, 3.05) is 36.4 Å². The molecule has 0 radical (unpaired) electrons. The van der Waals surface area contributed by atoms with Crippen LogP contribution in [0.2, 0.25) is 5.02 Å². The Hall–Kier alpha value is -3.26. The fourth-order valence-corrected chi connectivity index (χ4v) is 4.30. The lowest BCUT2D eigenvalue weighted by molar-refractivity contribution is 0.208. The summed E-state index contributed by atoms with van der Waals surface area (Å²) in [6.45, 7) is 6.08. The first-order valence-electron chi connectivity index (χ1n) is 11.2. The molecule has 0 aliphatic carbocycles. The zero-order valence-electron chi connectivity index (χ0n) is 19.1. The Kier molecular flexibility index (Phi) is 7.26. The molecule has 2 aromatic carbocycles. The van der Waals surface area contributed by atoms with E-state index >= 15 is 0 Å². The van der Waals surface area contributed by atoms with Crippen molar-refractivity contribution < 1.29 is 13.6 Å². The second-order valence-corrected chi connectivity index (χ2v) is 8.62. The van der Waals surface area contributed by atoms with Gasteiger partial charge in [-0.1, -0.05) is 30.7 Å². The van der Waals surface area contributed by atoms with Crippen LogP contribution in [0.15, 0.2) is 42.5 Å². The lowest BCUT2D eigenvalue weighted by atomic mass is 10.0. The summed E-state index contributed by atoms with van der Waals surface area (Å²) in [5.74, 6) is 0.711. The van der Waals surface area contributed by atoms with Crippen molar-refractivity contribution in [1.29, 1.82) is 0 Å². The predicted octanol–water partition coefficient (Wildman–Crippen LogP) is 5.22. The highest BCUT2D eigenvalue weighted by Gasteiger charge is 2.25. The van der Waals surface area contributed by atoms with Crippen LogP contribution < -0.4 is 10.2 Å². The molecule has 0 saturated carbocycles. The molecule has 1 N–H and O–H groups in total. The summed E-state index contributed by atoms with van der Waals surface area (Å²) in [4.78, 5) is 25.9. The molecule has 178 valence electrons. The maximum atomic E-state index is 13.8. The van der Waals surface area contributed by atoms with Gasteiger partial charge in [-0.2, -0.15) is 0 Å². The minimum atomic E-state index is -0.533. The Morgan fingerprint density at radius 1 is 1.09 bits per heavy atom. The van der Waals surface area contributed by atoms with Crippen molar-refractivity contribution in [3.05, 3.63) is 81.8 Å². The van der Waals surface area contributed by atoms with Crippen LogP contribution in [0.4, 0.5) is 25.1 Å². The van der Waals surface area contributed by atoms with Crippen LogP contribution in [0.3, 0.4) is 0 Å². The summed E-state index contributed by atoms with van der Waals surface area (Å²) in [5, 5.41) is 2.72. The van der Waals surface area contributed by atoms with Crippen LogP contribution in [-0.2, 0) is 12.8 Å². The van der Waals surface area contributed by atoms with Gasteiger partial charge in [-0.05, 0) is 49.2 Å². The fraction of sp³-hybridized carbons (Fsp3) is 0.320. The average molecular weight is 486 g/mol. The molecule has 1 aromatic heterocycles. The van der Waals surface area contributed by atoms with Crippen LogP contribution >= 0.6 is 11.6 Å². The van der Waals surface area contributed by atoms with E-state index in [2.05, 4.69) is 15.2 Å². The monoisotopic (exact) mass is 485 g/mol. The smallest absolute Gasteiger partial charge is 0.321 e. The molecule has 1 fully saturated rings. The van der Waals surface area contributed by atoms with Gasteiger partial charge in [0.1, 0.15) is 23.3 Å². The number of carbonyl (C=O) groups is 1. The molecule has 1 saturated heterocycles. The number of carbonyl (C=O) groups excluding carboxylic acids is 1. The van der Waals surface area contributed by atoms with Crippen LogP contribution in [0, 0.1) is 18.6 Å². The molecule has 34 heavy (non-hydrogen) atoms. The van der Waals surface area contributed by atoms with Crippen LogP contribution in [0.5, 0.6) is 0 Å². The summed E-state index contributed by atoms with van der Waals surface area (Å²) in [5.41, 5.74) is 3.23. The number of halogens is 3. The predicted molar refractivity (Wildman–Crippen MR) is 130 cm³/mol. The third-order valence-electron chi connectivity index (χ3n) is 5.82. The zero-order valence-corrected chi connectivity index (χ0v) is 19.9. The number of amides is 2. The minimum absolute atomic E-state index is 0.0423. The van der Waals surface area contributed by atoms with E-state index in [0.717, 1.165) is 29.1 Å². The van der Waals surface area contributed by atoms with E-state index in [9.17, 15) is 13.6 Å². The highest BCUT2D eigenvalue weighted by molar-refractivity contribution is 6.31. The lowest BCUT2D eigenvalue weighted by Gasteiger charge is -2.36. The van der Waals surface area contributed by atoms with E-state index in [0.29, 0.717) is 44.1 Å². The number of nitrogens with one attached hydrogen (secondary N) is 1. The summed E-state index contributed by atoms with van der Waals surface area (Å²) in [7, 11) is 0. The first-order valence-corrected chi connectivity index (χ1v) is 11.6. The maximum absolute atomic E-state index is 13.8. The summed E-state index contributed by atoms with van der Waals surface area (Å²) >= 11 is 5.81. The minimum Gasteiger partial charge on any atom is -0.353 e. The second-order valence-electron chi connectivity index (χ2n) is 8.21. The molecule has 3 aromatic rings. The topological polar surface area (TPSA) is 61.4 Å². The van der Waals surface area contributed by atoms with Gasteiger partial charge in [0.15, 0.2) is 0 Å². The fourth-order valence-electron chi connectivity index (χ4n) is 4.12. The number of hydrogen-bond acceptors (Lipinski definition) is 4. The Bertz CT molecular complexity index is 1200. The summed E-state index contributed by atoms with van der Waals surface area (Å²) in [6.07, 6.45) is 1.27. The Labute approximate surface area is 202 Å². The zero-order chi connectivity index (χ0) is 24.2. The molecular formula is C25H26ClF2N5O. The number of aromatic nitrogens is 2. The number of anilines is 2. The SMILES string of the molecule is CCc1nc(C)nc(N2CCN(C(=O)Nc3ccc(F)c(Cl)c3)CC2)c1Cc1cccc(F)c1. The van der Waals surface area contributed by atoms with Crippen molar-refractivity contribution in [2.24, 2.45) is 0 Å². The standard InChI is InChI=1S/C25H26ClF2N5O/c1-3-23-20(14-17-5-4-6-18(27)13-17)24(30-16(2)29-23)32-9-11-33(12-10-32)25(34)31-19-7-8-22(28)21(26)15-19/h4-8,13,15H,3,9-12,14H2,1-2H3,(H,31,34). The number of aryl methyl sites for hydroxylation is 2. The second kappa shape index (κ2) is 10.3. The first kappa shape index (κ1) is 23.9. The number of piperazine rings is 1. The third kappa shape index (κ3) is 5.44. The van der Waals surface area contributed by atoms with Gasteiger partial charge >= 0.3 is 6.03 Å². The van der Waals surface area contributed by atoms with Crippen LogP contribution in [0.1, 0.15) is 29.6 Å². The van der Waals surface area contributed by atoms with Gasteiger partial charge < -0.3 is 15.1 Å². The van der Waals surface area contributed by atoms with Gasteiger partial charge in [-0.25, -0.2) is 23.5 Å². The molecule has 1 aliphatic heterocycles. The number of urea groups is 1. The molecule has 0 spiro atoms. The molecule has 0 atom stereocenters. The van der Waals surface area contributed by atoms with E-state index < -0.39 is 5.82 Å². The van der Waals surface area contributed by atoms with E-state index in [1.54, 1.807) is 11.0 Å². The van der Waals surface area contributed by atoms with Crippen molar-refractivity contribution in [3.8, 4) is 0 Å². The average Bonchev–Trinajstić information content (AvgIpc) is 2.82. The normalized spacial score (nSPS) is 13.8. The quantitative estimate of drug-likeness (QED) is 0.538.